The largest absolute Gasteiger partial charge is 0.338 e. The van der Waals surface area contributed by atoms with E-state index in [1.165, 1.54) is 9.21 Å². The highest BCUT2D eigenvalue weighted by Crippen LogP contribution is 2.33. The van der Waals surface area contributed by atoms with E-state index in [0.717, 1.165) is 15.7 Å². The van der Waals surface area contributed by atoms with Crippen LogP contribution < -0.4 is 5.32 Å². The summed E-state index contributed by atoms with van der Waals surface area (Å²) in [6, 6.07) is 18.6. The molecule has 0 spiro atoms. The van der Waals surface area contributed by atoms with Gasteiger partial charge in [0.15, 0.2) is 0 Å². The van der Waals surface area contributed by atoms with E-state index in [4.69, 9.17) is 11.6 Å². The molecule has 9 nitrogen and oxygen atoms in total. The molecule has 2 saturated heterocycles. The van der Waals surface area contributed by atoms with Gasteiger partial charge in [-0.25, -0.2) is 13.2 Å². The van der Waals surface area contributed by atoms with Gasteiger partial charge in [-0.15, -0.1) is 0 Å². The molecule has 0 aliphatic carbocycles. The number of nitrogens with zero attached hydrogens (tertiary/aromatic N) is 3. The average Bonchev–Trinajstić information content (AvgIpc) is 3.12. The smallest absolute Gasteiger partial charge is 0.325 e. The minimum Gasteiger partial charge on any atom is -0.338 e. The Balaban J connectivity index is 1.24. The van der Waals surface area contributed by atoms with Crippen molar-refractivity contribution in [3.8, 4) is 0 Å². The molecule has 2 fully saturated rings. The Hall–Kier alpha value is -3.47. The molecule has 3 aromatic carbocycles. The fourth-order valence-corrected chi connectivity index (χ4v) is 6.56. The number of benzene rings is 3. The molecule has 1 N–H and O–H groups in total. The van der Waals surface area contributed by atoms with Gasteiger partial charge >= 0.3 is 6.03 Å². The standard InChI is InChI=1S/C26H25ClN4O5S/c1-26(21-8-4-5-9-22(21)27)24(33)31(25(34)28-26)17-23(32)29-12-14-30(15-13-29)37(35,36)20-11-10-18-6-2-3-7-19(18)16-20/h2-11,16H,12-15,17H2,1H3,(H,28,34). The number of nitrogens with one attached hydrogen (secondary N) is 1. The number of sulfonamides is 1. The lowest BCUT2D eigenvalue weighted by Crippen LogP contribution is -2.53. The third kappa shape index (κ3) is 4.45. The van der Waals surface area contributed by atoms with Crippen molar-refractivity contribution in [1.82, 2.24) is 19.4 Å². The normalized spacial score (nSPS) is 20.9. The number of urea groups is 1. The zero-order valence-electron chi connectivity index (χ0n) is 20.1. The van der Waals surface area contributed by atoms with Crippen molar-refractivity contribution in [3.63, 3.8) is 0 Å². The van der Waals surface area contributed by atoms with Crippen LogP contribution in [0.1, 0.15) is 12.5 Å². The fraction of sp³-hybridized carbons (Fsp3) is 0.269. The predicted octanol–water partition coefficient (Wildman–Crippen LogP) is 2.79. The quantitative estimate of drug-likeness (QED) is 0.501. The molecule has 0 bridgehead atoms. The van der Waals surface area contributed by atoms with Gasteiger partial charge in [0.1, 0.15) is 12.1 Å². The summed E-state index contributed by atoms with van der Waals surface area (Å²) in [5.41, 5.74) is -0.944. The molecule has 5 rings (SSSR count). The molecule has 2 aliphatic heterocycles. The molecule has 0 radical (unpaired) electrons. The molecule has 0 saturated carbocycles. The Morgan fingerprint density at radius 2 is 1.59 bits per heavy atom. The maximum atomic E-state index is 13.2. The van der Waals surface area contributed by atoms with Gasteiger partial charge in [0, 0.05) is 36.8 Å². The number of hydrogen-bond donors (Lipinski definition) is 1. The van der Waals surface area contributed by atoms with E-state index >= 15 is 0 Å². The van der Waals surface area contributed by atoms with Crippen molar-refractivity contribution in [2.24, 2.45) is 0 Å². The van der Waals surface area contributed by atoms with Crippen LogP contribution in [-0.4, -0.2) is 73.1 Å². The number of amides is 4. The molecule has 1 atom stereocenters. The molecule has 0 aromatic heterocycles. The minimum atomic E-state index is -3.74. The number of carbonyl (C=O) groups is 3. The van der Waals surface area contributed by atoms with Crippen LogP contribution in [0.25, 0.3) is 10.8 Å². The molecule has 2 heterocycles. The van der Waals surface area contributed by atoms with E-state index in [1.54, 1.807) is 49.4 Å². The summed E-state index contributed by atoms with van der Waals surface area (Å²) in [7, 11) is -3.74. The third-order valence-electron chi connectivity index (χ3n) is 6.93. The number of fused-ring (bicyclic) bond motifs is 1. The van der Waals surface area contributed by atoms with Crippen molar-refractivity contribution in [2.75, 3.05) is 32.7 Å². The average molecular weight is 541 g/mol. The molecule has 37 heavy (non-hydrogen) atoms. The molecule has 11 heteroatoms. The second kappa shape index (κ2) is 9.44. The maximum absolute atomic E-state index is 13.2. The first kappa shape index (κ1) is 25.2. The van der Waals surface area contributed by atoms with Crippen molar-refractivity contribution in [3.05, 3.63) is 77.3 Å². The molecule has 1 unspecified atom stereocenters. The molecule has 3 aromatic rings. The predicted molar refractivity (Wildman–Crippen MR) is 138 cm³/mol. The van der Waals surface area contributed by atoms with Crippen LogP contribution in [0.2, 0.25) is 5.02 Å². The minimum absolute atomic E-state index is 0.110. The first-order valence-corrected chi connectivity index (χ1v) is 13.6. The number of rotatable bonds is 5. The molecule has 2 aliphatic rings. The SMILES string of the molecule is CC1(c2ccccc2Cl)NC(=O)N(CC(=O)N2CCN(S(=O)(=O)c3ccc4ccccc4c3)CC2)C1=O. The second-order valence-corrected chi connectivity index (χ2v) is 11.6. The first-order chi connectivity index (χ1) is 17.6. The fourth-order valence-electron chi connectivity index (χ4n) is 4.78. The highest BCUT2D eigenvalue weighted by atomic mass is 35.5. The van der Waals surface area contributed by atoms with Crippen molar-refractivity contribution < 1.29 is 22.8 Å². The zero-order chi connectivity index (χ0) is 26.4. The van der Waals surface area contributed by atoms with Crippen LogP contribution in [0, 0.1) is 0 Å². The van der Waals surface area contributed by atoms with Crippen LogP contribution in [0.15, 0.2) is 71.6 Å². The van der Waals surface area contributed by atoms with Gasteiger partial charge in [0.05, 0.1) is 4.90 Å². The van der Waals surface area contributed by atoms with Crippen molar-refractivity contribution in [2.45, 2.75) is 17.4 Å². The lowest BCUT2D eigenvalue weighted by atomic mass is 9.92. The van der Waals surface area contributed by atoms with Gasteiger partial charge < -0.3 is 10.2 Å². The van der Waals surface area contributed by atoms with Gasteiger partial charge in [-0.05, 0) is 35.9 Å². The Kier molecular flexibility index (Phi) is 6.43. The third-order valence-corrected chi connectivity index (χ3v) is 9.16. The second-order valence-electron chi connectivity index (χ2n) is 9.22. The summed E-state index contributed by atoms with van der Waals surface area (Å²) >= 11 is 6.25. The lowest BCUT2D eigenvalue weighted by molar-refractivity contribution is -0.139. The summed E-state index contributed by atoms with van der Waals surface area (Å²) in [6.45, 7) is 1.63. The van der Waals surface area contributed by atoms with E-state index in [2.05, 4.69) is 5.32 Å². The number of halogens is 1. The van der Waals surface area contributed by atoms with Gasteiger partial charge in [0.25, 0.3) is 5.91 Å². The van der Waals surface area contributed by atoms with Crippen LogP contribution in [-0.2, 0) is 25.2 Å². The Morgan fingerprint density at radius 1 is 0.946 bits per heavy atom. The van der Waals surface area contributed by atoms with Gasteiger partial charge in [0.2, 0.25) is 15.9 Å². The van der Waals surface area contributed by atoms with Gasteiger partial charge in [-0.1, -0.05) is 60.1 Å². The molecule has 4 amide bonds. The Labute approximate surface area is 219 Å². The summed E-state index contributed by atoms with van der Waals surface area (Å²) in [5.74, 6) is -1.01. The van der Waals surface area contributed by atoms with Crippen LogP contribution in [0.3, 0.4) is 0 Å². The number of hydrogen-bond acceptors (Lipinski definition) is 5. The first-order valence-electron chi connectivity index (χ1n) is 11.8. The van der Waals surface area contributed by atoms with Crippen LogP contribution >= 0.6 is 11.6 Å². The van der Waals surface area contributed by atoms with Crippen molar-refractivity contribution >= 4 is 50.2 Å². The lowest BCUT2D eigenvalue weighted by Gasteiger charge is -2.34. The summed E-state index contributed by atoms with van der Waals surface area (Å²) < 4.78 is 27.8. The van der Waals surface area contributed by atoms with E-state index in [-0.39, 0.29) is 31.1 Å². The van der Waals surface area contributed by atoms with Gasteiger partial charge in [-0.3, -0.25) is 14.5 Å². The monoisotopic (exact) mass is 540 g/mol. The van der Waals surface area contributed by atoms with E-state index in [1.807, 2.05) is 24.3 Å². The Bertz CT molecular complexity index is 1520. The van der Waals surface area contributed by atoms with E-state index in [9.17, 15) is 22.8 Å². The molecular formula is C26H25ClN4O5S. The highest BCUT2D eigenvalue weighted by molar-refractivity contribution is 7.89. The molecular weight excluding hydrogens is 516 g/mol. The highest BCUT2D eigenvalue weighted by Gasteiger charge is 2.50. The Morgan fingerprint density at radius 3 is 2.30 bits per heavy atom. The van der Waals surface area contributed by atoms with Crippen LogP contribution in [0.5, 0.6) is 0 Å². The number of carbonyl (C=O) groups excluding carboxylic acids is 3. The number of piperazine rings is 1. The topological polar surface area (TPSA) is 107 Å². The van der Waals surface area contributed by atoms with Crippen molar-refractivity contribution in [1.29, 1.82) is 0 Å². The van der Waals surface area contributed by atoms with E-state index < -0.39 is 40.0 Å². The zero-order valence-corrected chi connectivity index (χ0v) is 21.6. The summed E-state index contributed by atoms with van der Waals surface area (Å²) in [5, 5.41) is 4.75. The van der Waals surface area contributed by atoms with E-state index in [0.29, 0.717) is 10.6 Å². The molecule has 192 valence electrons. The van der Waals surface area contributed by atoms with Crippen LogP contribution in [0.4, 0.5) is 4.79 Å². The maximum Gasteiger partial charge on any atom is 0.325 e. The summed E-state index contributed by atoms with van der Waals surface area (Å²) in [6.07, 6.45) is 0. The number of imide groups is 1. The van der Waals surface area contributed by atoms with Gasteiger partial charge in [-0.2, -0.15) is 4.31 Å². The summed E-state index contributed by atoms with van der Waals surface area (Å²) in [4.78, 5) is 41.3.